The van der Waals surface area contributed by atoms with Crippen LogP contribution in [0.15, 0.2) is 24.3 Å². The fourth-order valence-corrected chi connectivity index (χ4v) is 4.71. The van der Waals surface area contributed by atoms with Crippen LogP contribution in [0, 0.1) is 17.7 Å². The summed E-state index contributed by atoms with van der Waals surface area (Å²) in [5.74, 6) is -0.454. The predicted octanol–water partition coefficient (Wildman–Crippen LogP) is 3.44. The lowest BCUT2D eigenvalue weighted by molar-refractivity contribution is -0.251. The molecule has 0 spiro atoms. The smallest absolute Gasteiger partial charge is 0.373 e. The normalized spacial score (nSPS) is 25.2. The van der Waals surface area contributed by atoms with Gasteiger partial charge >= 0.3 is 6.18 Å². The summed E-state index contributed by atoms with van der Waals surface area (Å²) in [7, 11) is 0. The fourth-order valence-electron chi connectivity index (χ4n) is 4.71. The number of amides is 1. The minimum Gasteiger partial charge on any atom is -0.373 e. The van der Waals surface area contributed by atoms with Crippen molar-refractivity contribution in [1.82, 2.24) is 20.1 Å². The van der Waals surface area contributed by atoms with E-state index in [0.29, 0.717) is 30.6 Å². The molecule has 2 N–H and O–H groups in total. The Bertz CT molecular complexity index is 967. The van der Waals surface area contributed by atoms with Gasteiger partial charge in [-0.2, -0.15) is 18.3 Å². The molecule has 1 aromatic carbocycles. The quantitative estimate of drug-likeness (QED) is 0.714. The molecule has 2 heterocycles. The number of H-pyrrole nitrogens is 1. The van der Waals surface area contributed by atoms with E-state index >= 15 is 0 Å². The maximum absolute atomic E-state index is 13.2. The first-order chi connectivity index (χ1) is 14.5. The molecule has 0 bridgehead atoms. The molecule has 168 valence electrons. The number of alkyl halides is 3. The van der Waals surface area contributed by atoms with Gasteiger partial charge in [0.05, 0.1) is 0 Å². The highest BCUT2D eigenvalue weighted by Crippen LogP contribution is 2.57. The SMILES string of the molecule is C[C@H]1CN(C(=O)[C@@](C)(O)C(F)(F)F)CC[C@H]1C1(c2nc(-c3ccc(F)cc3)n[nH]2)CC1. The van der Waals surface area contributed by atoms with Crippen LogP contribution in [0.4, 0.5) is 17.6 Å². The second-order valence-corrected chi connectivity index (χ2v) is 8.86. The third kappa shape index (κ3) is 3.71. The van der Waals surface area contributed by atoms with Crippen LogP contribution in [0.2, 0.25) is 0 Å². The fraction of sp³-hybridized carbons (Fsp3) is 0.571. The Morgan fingerprint density at radius 1 is 1.26 bits per heavy atom. The highest BCUT2D eigenvalue weighted by Gasteiger charge is 2.59. The summed E-state index contributed by atoms with van der Waals surface area (Å²) in [6.45, 7) is 2.68. The monoisotopic (exact) mass is 440 g/mol. The maximum Gasteiger partial charge on any atom is 0.426 e. The number of benzene rings is 1. The van der Waals surface area contributed by atoms with Gasteiger partial charge in [-0.3, -0.25) is 9.89 Å². The maximum atomic E-state index is 13.2. The van der Waals surface area contributed by atoms with Crippen molar-refractivity contribution in [1.29, 1.82) is 0 Å². The van der Waals surface area contributed by atoms with E-state index in [-0.39, 0.29) is 36.2 Å². The Morgan fingerprint density at radius 2 is 1.90 bits per heavy atom. The number of aromatic amines is 1. The number of rotatable bonds is 4. The largest absolute Gasteiger partial charge is 0.426 e. The van der Waals surface area contributed by atoms with E-state index in [1.165, 1.54) is 12.1 Å². The van der Waals surface area contributed by atoms with E-state index in [4.69, 9.17) is 0 Å². The molecule has 2 aliphatic rings. The molecule has 1 aromatic heterocycles. The van der Waals surface area contributed by atoms with Crippen LogP contribution >= 0.6 is 0 Å². The summed E-state index contributed by atoms with van der Waals surface area (Å²) < 4.78 is 52.3. The molecular formula is C21H24F4N4O2. The molecule has 1 saturated carbocycles. The Kier molecular flexibility index (Phi) is 5.11. The lowest BCUT2D eigenvalue weighted by Crippen LogP contribution is -2.59. The number of aromatic nitrogens is 3. The van der Waals surface area contributed by atoms with Crippen molar-refractivity contribution < 1.29 is 27.5 Å². The molecule has 1 saturated heterocycles. The Morgan fingerprint density at radius 3 is 2.45 bits per heavy atom. The van der Waals surface area contributed by atoms with Crippen molar-refractivity contribution >= 4 is 5.91 Å². The summed E-state index contributed by atoms with van der Waals surface area (Å²) in [5.41, 5.74) is -2.97. The molecule has 1 aliphatic heterocycles. The van der Waals surface area contributed by atoms with Gasteiger partial charge in [0.1, 0.15) is 11.6 Å². The van der Waals surface area contributed by atoms with Crippen molar-refractivity contribution in [2.24, 2.45) is 11.8 Å². The number of aliphatic hydroxyl groups is 1. The minimum atomic E-state index is -5.03. The Balaban J connectivity index is 1.49. The summed E-state index contributed by atoms with van der Waals surface area (Å²) in [5, 5.41) is 17.0. The van der Waals surface area contributed by atoms with Gasteiger partial charge in [0.2, 0.25) is 5.60 Å². The third-order valence-electron chi connectivity index (χ3n) is 6.72. The van der Waals surface area contributed by atoms with E-state index in [1.807, 2.05) is 6.92 Å². The zero-order chi connectivity index (χ0) is 22.6. The number of carbonyl (C=O) groups excluding carboxylic acids is 1. The van der Waals surface area contributed by atoms with Crippen LogP contribution in [0.3, 0.4) is 0 Å². The van der Waals surface area contributed by atoms with Crippen LogP contribution in [0.25, 0.3) is 11.4 Å². The minimum absolute atomic E-state index is 0.0800. The van der Waals surface area contributed by atoms with Gasteiger partial charge in [0.25, 0.3) is 5.91 Å². The molecular weight excluding hydrogens is 416 g/mol. The van der Waals surface area contributed by atoms with E-state index in [0.717, 1.165) is 17.7 Å². The summed E-state index contributed by atoms with van der Waals surface area (Å²) in [6, 6.07) is 5.87. The third-order valence-corrected chi connectivity index (χ3v) is 6.72. The first-order valence-corrected chi connectivity index (χ1v) is 10.2. The topological polar surface area (TPSA) is 82.1 Å². The first kappa shape index (κ1) is 21.7. The number of nitrogens with zero attached hydrogens (tertiary/aromatic N) is 3. The van der Waals surface area contributed by atoms with E-state index in [1.54, 1.807) is 12.1 Å². The highest BCUT2D eigenvalue weighted by atomic mass is 19.4. The van der Waals surface area contributed by atoms with Gasteiger partial charge in [-0.05, 0) is 62.3 Å². The zero-order valence-electron chi connectivity index (χ0n) is 17.2. The predicted molar refractivity (Wildman–Crippen MR) is 103 cm³/mol. The molecule has 10 heteroatoms. The number of likely N-dealkylation sites (tertiary alicyclic amines) is 1. The highest BCUT2D eigenvalue weighted by molar-refractivity contribution is 5.85. The standard InChI is InChI=1S/C21H24F4N4O2/c1-12-11-29(18(30)19(2,31)21(23,24)25)10-7-15(12)20(8-9-20)17-26-16(27-28-17)13-3-5-14(22)6-4-13/h3-6,12,15,31H,7-11H2,1-2H3,(H,26,27,28)/t12-,15+,19+/m0/s1. The number of nitrogens with one attached hydrogen (secondary N) is 1. The molecule has 0 radical (unpaired) electrons. The van der Waals surface area contributed by atoms with Crippen LogP contribution in [0.5, 0.6) is 0 Å². The van der Waals surface area contributed by atoms with Crippen molar-refractivity contribution in [3.05, 3.63) is 35.9 Å². The van der Waals surface area contributed by atoms with Gasteiger partial charge in [-0.1, -0.05) is 6.92 Å². The molecule has 6 nitrogen and oxygen atoms in total. The summed E-state index contributed by atoms with van der Waals surface area (Å²) >= 11 is 0. The van der Waals surface area contributed by atoms with E-state index in [2.05, 4.69) is 15.2 Å². The number of hydrogen-bond donors (Lipinski definition) is 2. The second kappa shape index (κ2) is 7.29. The molecule has 3 atom stereocenters. The first-order valence-electron chi connectivity index (χ1n) is 10.2. The lowest BCUT2D eigenvalue weighted by Gasteiger charge is -2.42. The van der Waals surface area contributed by atoms with Gasteiger partial charge in [0.15, 0.2) is 5.82 Å². The van der Waals surface area contributed by atoms with Crippen molar-refractivity contribution in [2.45, 2.75) is 50.3 Å². The average Bonchev–Trinajstić information content (AvgIpc) is 3.35. The van der Waals surface area contributed by atoms with Crippen molar-refractivity contribution in [3.8, 4) is 11.4 Å². The second-order valence-electron chi connectivity index (χ2n) is 8.86. The molecule has 1 amide bonds. The Hall–Kier alpha value is -2.49. The molecule has 1 aliphatic carbocycles. The molecule has 2 aromatic rings. The number of hydrogen-bond acceptors (Lipinski definition) is 4. The number of halogens is 4. The van der Waals surface area contributed by atoms with Crippen LogP contribution in [-0.4, -0.2) is 56.0 Å². The van der Waals surface area contributed by atoms with Crippen LogP contribution in [-0.2, 0) is 10.2 Å². The van der Waals surface area contributed by atoms with E-state index < -0.39 is 17.7 Å². The molecule has 2 fully saturated rings. The van der Waals surface area contributed by atoms with E-state index in [9.17, 15) is 27.5 Å². The van der Waals surface area contributed by atoms with Crippen molar-refractivity contribution in [2.75, 3.05) is 13.1 Å². The van der Waals surface area contributed by atoms with Gasteiger partial charge in [0, 0.05) is 24.1 Å². The molecule has 0 unspecified atom stereocenters. The van der Waals surface area contributed by atoms with Gasteiger partial charge < -0.3 is 10.0 Å². The van der Waals surface area contributed by atoms with Crippen LogP contribution in [0.1, 0.15) is 38.9 Å². The number of carbonyl (C=O) groups is 1. The zero-order valence-corrected chi connectivity index (χ0v) is 17.2. The number of piperidine rings is 1. The van der Waals surface area contributed by atoms with Crippen molar-refractivity contribution in [3.63, 3.8) is 0 Å². The Labute approximate surface area is 176 Å². The molecule has 31 heavy (non-hydrogen) atoms. The lowest BCUT2D eigenvalue weighted by atomic mass is 9.74. The average molecular weight is 440 g/mol. The summed E-state index contributed by atoms with van der Waals surface area (Å²) in [6.07, 6.45) is -2.78. The van der Waals surface area contributed by atoms with Gasteiger partial charge in [-0.15, -0.1) is 0 Å². The van der Waals surface area contributed by atoms with Gasteiger partial charge in [-0.25, -0.2) is 9.37 Å². The molecule has 4 rings (SSSR count). The van der Waals surface area contributed by atoms with Crippen LogP contribution < -0.4 is 0 Å². The summed E-state index contributed by atoms with van der Waals surface area (Å²) in [4.78, 5) is 18.1.